The Bertz CT molecular complexity index is 784. The Balaban J connectivity index is 2.62. The van der Waals surface area contributed by atoms with Gasteiger partial charge in [-0.1, -0.05) is 30.8 Å². The lowest BCUT2D eigenvalue weighted by molar-refractivity contribution is 0.0978. The summed E-state index contributed by atoms with van der Waals surface area (Å²) in [6, 6.07) is 13.3. The number of carbonyl (C=O) groups is 1. The topological polar surface area (TPSA) is 48.0 Å². The first-order chi connectivity index (χ1) is 8.74. The molecule has 3 aromatic rings. The second kappa shape index (κ2) is 3.74. The Morgan fingerprint density at radius 1 is 1.11 bits per heavy atom. The van der Waals surface area contributed by atoms with Crippen molar-refractivity contribution in [1.82, 2.24) is 4.57 Å². The molecule has 3 nitrogen and oxygen atoms in total. The van der Waals surface area contributed by atoms with Gasteiger partial charge in [-0.05, 0) is 24.3 Å². The van der Waals surface area contributed by atoms with E-state index in [1.54, 1.807) is 4.57 Å². The molecule has 0 fully saturated rings. The number of nitrogens with zero attached hydrogens (tertiary/aromatic N) is 1. The van der Waals surface area contributed by atoms with Gasteiger partial charge in [0.15, 0.2) is 0 Å². The van der Waals surface area contributed by atoms with E-state index in [1.165, 1.54) is 6.08 Å². The monoisotopic (exact) mass is 236 g/mol. The second-order valence-electron chi connectivity index (χ2n) is 4.14. The fourth-order valence-electron chi connectivity index (χ4n) is 2.38. The summed E-state index contributed by atoms with van der Waals surface area (Å²) < 4.78 is 1.65. The molecular weight excluding hydrogens is 224 g/mol. The van der Waals surface area contributed by atoms with Crippen LogP contribution in [0.1, 0.15) is 4.79 Å². The van der Waals surface area contributed by atoms with Crippen molar-refractivity contribution in [1.29, 1.82) is 0 Å². The van der Waals surface area contributed by atoms with Crippen molar-refractivity contribution in [3.63, 3.8) is 0 Å². The minimum Gasteiger partial charge on any atom is -0.398 e. The lowest BCUT2D eigenvalue weighted by atomic mass is 10.1. The SMILES string of the molecule is C=CC(=O)n1c2ccccc2c2c(N)cccc21. The summed E-state index contributed by atoms with van der Waals surface area (Å²) in [4.78, 5) is 12.0. The van der Waals surface area contributed by atoms with Crippen LogP contribution in [0.5, 0.6) is 0 Å². The molecule has 0 aliphatic carbocycles. The number of fused-ring (bicyclic) bond motifs is 3. The van der Waals surface area contributed by atoms with Crippen LogP contribution < -0.4 is 5.73 Å². The van der Waals surface area contributed by atoms with Crippen LogP contribution in [0.25, 0.3) is 21.8 Å². The quantitative estimate of drug-likeness (QED) is 0.521. The molecule has 0 saturated carbocycles. The summed E-state index contributed by atoms with van der Waals surface area (Å²) in [5.74, 6) is -0.146. The zero-order valence-corrected chi connectivity index (χ0v) is 9.76. The maximum absolute atomic E-state index is 12.0. The molecule has 1 aromatic heterocycles. The minimum atomic E-state index is -0.146. The molecule has 2 aromatic carbocycles. The largest absolute Gasteiger partial charge is 0.398 e. The van der Waals surface area contributed by atoms with E-state index in [0.717, 1.165) is 21.8 Å². The fourth-order valence-corrected chi connectivity index (χ4v) is 2.38. The molecule has 0 atom stereocenters. The number of benzene rings is 2. The van der Waals surface area contributed by atoms with Crippen LogP contribution in [0.4, 0.5) is 5.69 Å². The van der Waals surface area contributed by atoms with E-state index in [1.807, 2.05) is 42.5 Å². The van der Waals surface area contributed by atoms with Gasteiger partial charge in [-0.15, -0.1) is 0 Å². The van der Waals surface area contributed by atoms with Gasteiger partial charge in [-0.2, -0.15) is 0 Å². The van der Waals surface area contributed by atoms with Crippen LogP contribution in [0.3, 0.4) is 0 Å². The van der Waals surface area contributed by atoms with Gasteiger partial charge in [0.2, 0.25) is 0 Å². The van der Waals surface area contributed by atoms with Gasteiger partial charge >= 0.3 is 0 Å². The van der Waals surface area contributed by atoms with E-state index in [9.17, 15) is 4.79 Å². The van der Waals surface area contributed by atoms with Gasteiger partial charge in [0.25, 0.3) is 5.91 Å². The normalized spacial score (nSPS) is 10.9. The summed E-state index contributed by atoms with van der Waals surface area (Å²) in [5.41, 5.74) is 8.38. The molecule has 88 valence electrons. The van der Waals surface area contributed by atoms with Gasteiger partial charge in [-0.3, -0.25) is 9.36 Å². The van der Waals surface area contributed by atoms with Crippen LogP contribution in [0, 0.1) is 0 Å². The lowest BCUT2D eigenvalue weighted by Gasteiger charge is -2.01. The van der Waals surface area contributed by atoms with E-state index in [4.69, 9.17) is 5.73 Å². The van der Waals surface area contributed by atoms with Gasteiger partial charge in [0.05, 0.1) is 11.0 Å². The number of anilines is 1. The van der Waals surface area contributed by atoms with Crippen molar-refractivity contribution < 1.29 is 4.79 Å². The molecule has 3 rings (SSSR count). The lowest BCUT2D eigenvalue weighted by Crippen LogP contribution is -2.05. The molecule has 0 aliphatic rings. The predicted octanol–water partition coefficient (Wildman–Crippen LogP) is 3.20. The molecule has 0 saturated heterocycles. The summed E-state index contributed by atoms with van der Waals surface area (Å²) in [5, 5.41) is 1.91. The van der Waals surface area contributed by atoms with E-state index in [2.05, 4.69) is 6.58 Å². The van der Waals surface area contributed by atoms with Gasteiger partial charge in [0.1, 0.15) is 0 Å². The fraction of sp³-hybridized carbons (Fsp3) is 0. The zero-order valence-electron chi connectivity index (χ0n) is 9.76. The average Bonchev–Trinajstić information content (AvgIpc) is 2.73. The van der Waals surface area contributed by atoms with Crippen molar-refractivity contribution in [2.75, 3.05) is 5.73 Å². The highest BCUT2D eigenvalue weighted by Crippen LogP contribution is 2.32. The van der Waals surface area contributed by atoms with Gasteiger partial charge < -0.3 is 5.73 Å². The van der Waals surface area contributed by atoms with Crippen molar-refractivity contribution in [3.05, 3.63) is 55.1 Å². The summed E-state index contributed by atoms with van der Waals surface area (Å²) >= 11 is 0. The summed E-state index contributed by atoms with van der Waals surface area (Å²) in [7, 11) is 0. The van der Waals surface area contributed by atoms with Gasteiger partial charge in [-0.25, -0.2) is 0 Å². The molecule has 18 heavy (non-hydrogen) atoms. The molecular formula is C15H12N2O. The number of hydrogen-bond donors (Lipinski definition) is 1. The predicted molar refractivity (Wildman–Crippen MR) is 74.7 cm³/mol. The Morgan fingerprint density at radius 2 is 1.83 bits per heavy atom. The second-order valence-corrected chi connectivity index (χ2v) is 4.14. The Kier molecular flexibility index (Phi) is 2.20. The van der Waals surface area contributed by atoms with Crippen LogP contribution in [0.2, 0.25) is 0 Å². The molecule has 0 aliphatic heterocycles. The first kappa shape index (κ1) is 10.6. The number of carbonyl (C=O) groups excluding carboxylic acids is 1. The van der Waals surface area contributed by atoms with Crippen molar-refractivity contribution >= 4 is 33.4 Å². The third-order valence-corrected chi connectivity index (χ3v) is 3.12. The molecule has 0 amide bonds. The van der Waals surface area contributed by atoms with Crippen molar-refractivity contribution in [3.8, 4) is 0 Å². The Hall–Kier alpha value is -2.55. The molecule has 2 N–H and O–H groups in total. The van der Waals surface area contributed by atoms with Gasteiger partial charge in [0, 0.05) is 16.5 Å². The van der Waals surface area contributed by atoms with Crippen molar-refractivity contribution in [2.45, 2.75) is 0 Å². The Morgan fingerprint density at radius 3 is 2.61 bits per heavy atom. The summed E-state index contributed by atoms with van der Waals surface area (Å²) in [6.07, 6.45) is 1.31. The number of allylic oxidation sites excluding steroid dienone is 1. The first-order valence-corrected chi connectivity index (χ1v) is 5.68. The molecule has 0 spiro atoms. The maximum atomic E-state index is 12.0. The van der Waals surface area contributed by atoms with Crippen LogP contribution in [-0.4, -0.2) is 10.5 Å². The number of hydrogen-bond acceptors (Lipinski definition) is 2. The average molecular weight is 236 g/mol. The Labute approximate surface area is 104 Å². The molecule has 0 bridgehead atoms. The van der Waals surface area contributed by atoms with E-state index >= 15 is 0 Å². The van der Waals surface area contributed by atoms with Crippen LogP contribution >= 0.6 is 0 Å². The molecule has 0 radical (unpaired) electrons. The minimum absolute atomic E-state index is 0.146. The van der Waals surface area contributed by atoms with E-state index in [-0.39, 0.29) is 5.91 Å². The van der Waals surface area contributed by atoms with E-state index < -0.39 is 0 Å². The van der Waals surface area contributed by atoms with E-state index in [0.29, 0.717) is 5.69 Å². The highest BCUT2D eigenvalue weighted by molar-refractivity contribution is 6.18. The van der Waals surface area contributed by atoms with Crippen molar-refractivity contribution in [2.24, 2.45) is 0 Å². The summed E-state index contributed by atoms with van der Waals surface area (Å²) in [6.45, 7) is 3.55. The van der Waals surface area contributed by atoms with Crippen LogP contribution in [-0.2, 0) is 0 Å². The standard InChI is InChI=1S/C15H12N2O/c1-2-14(18)17-12-8-4-3-6-10(12)15-11(16)7-5-9-13(15)17/h2-9H,1,16H2. The molecule has 0 unspecified atom stereocenters. The number of aromatic nitrogens is 1. The number of para-hydroxylation sites is 1. The number of nitrogen functional groups attached to an aromatic ring is 1. The third kappa shape index (κ3) is 1.27. The number of rotatable bonds is 1. The molecule has 1 heterocycles. The zero-order chi connectivity index (χ0) is 12.7. The maximum Gasteiger partial charge on any atom is 0.254 e. The van der Waals surface area contributed by atoms with Crippen LogP contribution in [0.15, 0.2) is 55.1 Å². The highest BCUT2D eigenvalue weighted by atomic mass is 16.1. The third-order valence-electron chi connectivity index (χ3n) is 3.12. The smallest absolute Gasteiger partial charge is 0.254 e. The first-order valence-electron chi connectivity index (χ1n) is 5.68. The number of nitrogens with two attached hydrogens (primary N) is 1. The highest BCUT2D eigenvalue weighted by Gasteiger charge is 2.14. The molecule has 3 heteroatoms.